The summed E-state index contributed by atoms with van der Waals surface area (Å²) in [6, 6.07) is 9.31. The highest BCUT2D eigenvalue weighted by Gasteiger charge is 2.33. The Labute approximate surface area is 174 Å². The Morgan fingerprint density at radius 1 is 1.21 bits per heavy atom. The van der Waals surface area contributed by atoms with Gasteiger partial charge in [0.15, 0.2) is 0 Å². The maximum atomic E-state index is 12.8. The third-order valence-corrected chi connectivity index (χ3v) is 6.71. The molecule has 0 saturated carbocycles. The summed E-state index contributed by atoms with van der Waals surface area (Å²) in [4.78, 5) is 28.5. The number of benzene rings is 1. The zero-order chi connectivity index (χ0) is 20.9. The largest absolute Gasteiger partial charge is 0.347 e. The fourth-order valence-electron chi connectivity index (χ4n) is 3.08. The van der Waals surface area contributed by atoms with Gasteiger partial charge in [-0.15, -0.1) is 0 Å². The zero-order valence-corrected chi connectivity index (χ0v) is 17.1. The van der Waals surface area contributed by atoms with Crippen molar-refractivity contribution in [3.63, 3.8) is 0 Å². The van der Waals surface area contributed by atoms with Crippen molar-refractivity contribution in [3.8, 4) is 0 Å². The summed E-state index contributed by atoms with van der Waals surface area (Å²) in [5.41, 5.74) is 0.532. The summed E-state index contributed by atoms with van der Waals surface area (Å²) >= 11 is 5.83. The number of halogens is 1. The second kappa shape index (κ2) is 9.34. The van der Waals surface area contributed by atoms with Gasteiger partial charge in [-0.05, 0) is 49.2 Å². The average molecular weight is 437 g/mol. The molecular formula is C19H21ClN4O4S. The smallest absolute Gasteiger partial charge is 0.243 e. The Morgan fingerprint density at radius 3 is 2.66 bits per heavy atom. The Morgan fingerprint density at radius 2 is 1.97 bits per heavy atom. The summed E-state index contributed by atoms with van der Waals surface area (Å²) in [6.07, 6.45) is 4.21. The minimum absolute atomic E-state index is 0.0705. The molecule has 154 valence electrons. The topological polar surface area (TPSA) is 108 Å². The molecule has 10 heteroatoms. The number of rotatable bonds is 6. The molecule has 0 bridgehead atoms. The van der Waals surface area contributed by atoms with Crippen molar-refractivity contribution >= 4 is 39.1 Å². The van der Waals surface area contributed by atoms with Crippen LogP contribution in [0.25, 0.3) is 0 Å². The van der Waals surface area contributed by atoms with Gasteiger partial charge in [0.25, 0.3) is 0 Å². The molecule has 1 aromatic heterocycles. The van der Waals surface area contributed by atoms with Crippen LogP contribution in [0.5, 0.6) is 0 Å². The lowest BCUT2D eigenvalue weighted by molar-refractivity contribution is -0.128. The first-order valence-electron chi connectivity index (χ1n) is 9.09. The number of sulfonamides is 1. The minimum atomic E-state index is -3.71. The first kappa shape index (κ1) is 21.2. The van der Waals surface area contributed by atoms with Crippen molar-refractivity contribution < 1.29 is 18.0 Å². The molecule has 2 aromatic rings. The number of aromatic nitrogens is 1. The van der Waals surface area contributed by atoms with Crippen molar-refractivity contribution in [1.82, 2.24) is 14.6 Å². The Balaban J connectivity index is 1.56. The monoisotopic (exact) mass is 436 g/mol. The fourth-order valence-corrected chi connectivity index (χ4v) is 4.73. The van der Waals surface area contributed by atoms with E-state index in [-0.39, 0.29) is 29.8 Å². The van der Waals surface area contributed by atoms with Crippen LogP contribution in [0.15, 0.2) is 53.7 Å². The number of piperidine rings is 1. The number of nitrogens with zero attached hydrogens (tertiary/aromatic N) is 2. The third-order valence-electron chi connectivity index (χ3n) is 4.57. The molecule has 0 spiro atoms. The molecule has 1 saturated heterocycles. The summed E-state index contributed by atoms with van der Waals surface area (Å²) in [7, 11) is -3.71. The van der Waals surface area contributed by atoms with Crippen LogP contribution in [0, 0.1) is 5.92 Å². The van der Waals surface area contributed by atoms with Crippen LogP contribution in [0.2, 0.25) is 5.02 Å². The highest BCUT2D eigenvalue weighted by molar-refractivity contribution is 7.89. The van der Waals surface area contributed by atoms with Crippen LogP contribution in [-0.4, -0.2) is 49.2 Å². The van der Waals surface area contributed by atoms with E-state index in [9.17, 15) is 18.0 Å². The van der Waals surface area contributed by atoms with E-state index < -0.39 is 15.9 Å². The summed E-state index contributed by atoms with van der Waals surface area (Å²) in [6.45, 7) is 0.214. The van der Waals surface area contributed by atoms with E-state index >= 15 is 0 Å². The Hall–Kier alpha value is -2.49. The Bertz CT molecular complexity index is 967. The maximum absolute atomic E-state index is 12.8. The summed E-state index contributed by atoms with van der Waals surface area (Å²) < 4.78 is 26.9. The quantitative estimate of drug-likeness (QED) is 0.718. The molecule has 2 N–H and O–H groups in total. The maximum Gasteiger partial charge on any atom is 0.243 e. The molecule has 8 nitrogen and oxygen atoms in total. The number of anilines is 1. The molecule has 1 fully saturated rings. The van der Waals surface area contributed by atoms with E-state index in [1.54, 1.807) is 18.3 Å². The molecule has 2 amide bonds. The van der Waals surface area contributed by atoms with Crippen molar-refractivity contribution in [2.24, 2.45) is 5.92 Å². The van der Waals surface area contributed by atoms with Gasteiger partial charge in [-0.1, -0.05) is 11.6 Å². The molecule has 1 unspecified atom stereocenters. The second-order valence-corrected chi connectivity index (χ2v) is 9.04. The lowest BCUT2D eigenvalue weighted by Gasteiger charge is -2.31. The van der Waals surface area contributed by atoms with Gasteiger partial charge in [-0.3, -0.25) is 14.6 Å². The van der Waals surface area contributed by atoms with Crippen LogP contribution in [0.1, 0.15) is 12.8 Å². The number of hydrogen-bond donors (Lipinski definition) is 2. The summed E-state index contributed by atoms with van der Waals surface area (Å²) in [5.74, 6) is -1.24. The fraction of sp³-hybridized carbons (Fsp3) is 0.316. The molecular weight excluding hydrogens is 416 g/mol. The van der Waals surface area contributed by atoms with Gasteiger partial charge >= 0.3 is 0 Å². The highest BCUT2D eigenvalue weighted by Crippen LogP contribution is 2.24. The molecule has 0 aliphatic carbocycles. The van der Waals surface area contributed by atoms with E-state index in [1.165, 1.54) is 34.8 Å². The number of amides is 2. The molecule has 29 heavy (non-hydrogen) atoms. The zero-order valence-electron chi connectivity index (χ0n) is 15.5. The van der Waals surface area contributed by atoms with Crippen LogP contribution in [0.4, 0.5) is 5.69 Å². The predicted molar refractivity (Wildman–Crippen MR) is 109 cm³/mol. The SMILES string of the molecule is O=C(CNC(=O)C1CCCN(S(=O)(=O)c2ccc(Cl)cc2)C1)Nc1cccnc1. The molecule has 1 aliphatic rings. The van der Waals surface area contributed by atoms with Gasteiger partial charge < -0.3 is 10.6 Å². The van der Waals surface area contributed by atoms with Crippen molar-refractivity contribution in [1.29, 1.82) is 0 Å². The minimum Gasteiger partial charge on any atom is -0.347 e. The molecule has 2 heterocycles. The third kappa shape index (κ3) is 5.53. The molecule has 1 atom stereocenters. The average Bonchev–Trinajstić information content (AvgIpc) is 2.73. The predicted octanol–water partition coefficient (Wildman–Crippen LogP) is 1.89. The number of nitrogens with one attached hydrogen (secondary N) is 2. The number of carbonyl (C=O) groups excluding carboxylic acids is 2. The first-order chi connectivity index (χ1) is 13.9. The molecule has 3 rings (SSSR count). The van der Waals surface area contributed by atoms with Gasteiger partial charge in [0.05, 0.1) is 29.2 Å². The van der Waals surface area contributed by atoms with Crippen molar-refractivity contribution in [2.45, 2.75) is 17.7 Å². The van der Waals surface area contributed by atoms with Crippen LogP contribution in [-0.2, 0) is 19.6 Å². The van der Waals surface area contributed by atoms with E-state index in [0.29, 0.717) is 30.1 Å². The second-order valence-electron chi connectivity index (χ2n) is 6.66. The van der Waals surface area contributed by atoms with Gasteiger partial charge in [-0.2, -0.15) is 4.31 Å². The van der Waals surface area contributed by atoms with Crippen molar-refractivity contribution in [2.75, 3.05) is 25.0 Å². The van der Waals surface area contributed by atoms with E-state index in [4.69, 9.17) is 11.6 Å². The van der Waals surface area contributed by atoms with Gasteiger partial charge in [0, 0.05) is 24.3 Å². The van der Waals surface area contributed by atoms with E-state index in [0.717, 1.165) is 0 Å². The van der Waals surface area contributed by atoms with E-state index in [2.05, 4.69) is 15.6 Å². The molecule has 1 aliphatic heterocycles. The Kier molecular flexibility index (Phi) is 6.83. The van der Waals surface area contributed by atoms with Crippen LogP contribution >= 0.6 is 11.6 Å². The lowest BCUT2D eigenvalue weighted by atomic mass is 9.99. The van der Waals surface area contributed by atoms with Gasteiger partial charge in [0.1, 0.15) is 0 Å². The highest BCUT2D eigenvalue weighted by atomic mass is 35.5. The normalized spacial score (nSPS) is 17.5. The van der Waals surface area contributed by atoms with Gasteiger partial charge in [0.2, 0.25) is 21.8 Å². The van der Waals surface area contributed by atoms with E-state index in [1.807, 2.05) is 0 Å². The van der Waals surface area contributed by atoms with Gasteiger partial charge in [-0.25, -0.2) is 8.42 Å². The number of pyridine rings is 1. The molecule has 0 radical (unpaired) electrons. The standard InChI is InChI=1S/C19H21ClN4O4S/c20-15-5-7-17(8-6-15)29(27,28)24-10-2-3-14(13-24)19(26)22-12-18(25)23-16-4-1-9-21-11-16/h1,4-9,11,14H,2-3,10,12-13H2,(H,22,26)(H,23,25). The summed E-state index contributed by atoms with van der Waals surface area (Å²) in [5, 5.41) is 5.66. The molecule has 1 aromatic carbocycles. The van der Waals surface area contributed by atoms with Crippen LogP contribution in [0.3, 0.4) is 0 Å². The number of hydrogen-bond acceptors (Lipinski definition) is 5. The first-order valence-corrected chi connectivity index (χ1v) is 10.9. The lowest BCUT2D eigenvalue weighted by Crippen LogP contribution is -2.46. The van der Waals surface area contributed by atoms with Crippen molar-refractivity contribution in [3.05, 3.63) is 53.8 Å². The van der Waals surface area contributed by atoms with Crippen LogP contribution < -0.4 is 10.6 Å². The number of carbonyl (C=O) groups is 2.